The van der Waals surface area contributed by atoms with Crippen molar-refractivity contribution < 1.29 is 24.1 Å². The number of fused-ring (bicyclic) bond motifs is 5. The molecule has 0 aromatic heterocycles. The molecule has 4 aliphatic rings. The SMILES string of the molecule is CC1(C)OC[C@H]([C@@H](O)[C@H]2N=C3C(OC2=O)[C@]2(C)CC[C@H]3C2(C)C)O1. The second kappa shape index (κ2) is 4.80. The van der Waals surface area contributed by atoms with Crippen molar-refractivity contribution in [2.75, 3.05) is 6.61 Å². The van der Waals surface area contributed by atoms with Crippen LogP contribution in [-0.2, 0) is 19.0 Å². The summed E-state index contributed by atoms with van der Waals surface area (Å²) < 4.78 is 17.0. The van der Waals surface area contributed by atoms with Crippen molar-refractivity contribution in [1.82, 2.24) is 0 Å². The van der Waals surface area contributed by atoms with Gasteiger partial charge in [-0.1, -0.05) is 20.8 Å². The van der Waals surface area contributed by atoms with Crippen LogP contribution in [0.2, 0.25) is 0 Å². The summed E-state index contributed by atoms with van der Waals surface area (Å²) in [6.07, 6.45) is 0.237. The Morgan fingerprint density at radius 2 is 1.96 bits per heavy atom. The summed E-state index contributed by atoms with van der Waals surface area (Å²) in [6, 6.07) is -0.919. The summed E-state index contributed by atoms with van der Waals surface area (Å²) in [5, 5.41) is 10.6. The summed E-state index contributed by atoms with van der Waals surface area (Å²) in [5.41, 5.74) is 0.929. The third-order valence-electron chi connectivity index (χ3n) is 7.00. The van der Waals surface area contributed by atoms with Crippen LogP contribution in [0.25, 0.3) is 0 Å². The number of aliphatic hydroxyl groups is 1. The van der Waals surface area contributed by atoms with E-state index in [1.165, 1.54) is 0 Å². The number of rotatable bonds is 2. The number of nitrogens with zero attached hydrogens (tertiary/aromatic N) is 1. The fourth-order valence-corrected chi connectivity index (χ4v) is 5.07. The third-order valence-corrected chi connectivity index (χ3v) is 7.00. The maximum atomic E-state index is 12.5. The van der Waals surface area contributed by atoms with Gasteiger partial charge in [0.2, 0.25) is 0 Å². The van der Waals surface area contributed by atoms with Gasteiger partial charge in [0.25, 0.3) is 0 Å². The molecule has 0 aromatic carbocycles. The molecule has 0 spiro atoms. The van der Waals surface area contributed by atoms with Crippen LogP contribution in [0.5, 0.6) is 0 Å². The second-order valence-electron chi connectivity index (χ2n) is 8.90. The van der Waals surface area contributed by atoms with Crippen molar-refractivity contribution in [3.05, 3.63) is 0 Å². The highest BCUT2D eigenvalue weighted by molar-refractivity contribution is 6.01. The first-order chi connectivity index (χ1) is 11.1. The van der Waals surface area contributed by atoms with Crippen molar-refractivity contribution in [2.24, 2.45) is 21.7 Å². The number of aliphatic imine (C=N–C) groups is 1. The summed E-state index contributed by atoms with van der Waals surface area (Å²) >= 11 is 0. The molecule has 2 aliphatic heterocycles. The van der Waals surface area contributed by atoms with Crippen molar-refractivity contribution in [3.8, 4) is 0 Å². The normalized spacial score (nSPS) is 46.4. The maximum absolute atomic E-state index is 12.5. The van der Waals surface area contributed by atoms with E-state index in [2.05, 4.69) is 20.8 Å². The molecular weight excluding hydrogens is 310 g/mol. The number of carbonyl (C=O) groups is 1. The van der Waals surface area contributed by atoms with Gasteiger partial charge < -0.3 is 19.3 Å². The number of ether oxygens (including phenoxy) is 3. The van der Waals surface area contributed by atoms with Gasteiger partial charge in [0.1, 0.15) is 18.3 Å². The predicted octanol–water partition coefficient (Wildman–Crippen LogP) is 1.69. The third kappa shape index (κ3) is 1.99. The predicted molar refractivity (Wildman–Crippen MR) is 86.6 cm³/mol. The van der Waals surface area contributed by atoms with E-state index in [9.17, 15) is 9.90 Å². The molecule has 1 N–H and O–H groups in total. The van der Waals surface area contributed by atoms with Crippen LogP contribution >= 0.6 is 0 Å². The molecule has 1 saturated heterocycles. The molecule has 6 nitrogen and oxygen atoms in total. The van der Waals surface area contributed by atoms with Gasteiger partial charge in [-0.25, -0.2) is 4.79 Å². The number of aliphatic hydroxyl groups excluding tert-OH is 1. The van der Waals surface area contributed by atoms with Crippen LogP contribution in [0.3, 0.4) is 0 Å². The van der Waals surface area contributed by atoms with Crippen LogP contribution in [0.1, 0.15) is 47.5 Å². The highest BCUT2D eigenvalue weighted by Crippen LogP contribution is 2.65. The van der Waals surface area contributed by atoms with Gasteiger partial charge in [-0.2, -0.15) is 0 Å². The Balaban J connectivity index is 1.63. The van der Waals surface area contributed by atoms with Gasteiger partial charge in [0.05, 0.1) is 12.3 Å². The first-order valence-corrected chi connectivity index (χ1v) is 8.85. The van der Waals surface area contributed by atoms with Crippen LogP contribution in [-0.4, -0.2) is 53.5 Å². The van der Waals surface area contributed by atoms with E-state index < -0.39 is 30.0 Å². The number of hydrogen-bond acceptors (Lipinski definition) is 6. The minimum atomic E-state index is -1.05. The van der Waals surface area contributed by atoms with Crippen LogP contribution in [0, 0.1) is 16.7 Å². The fourth-order valence-electron chi connectivity index (χ4n) is 5.07. The first kappa shape index (κ1) is 16.5. The van der Waals surface area contributed by atoms with Gasteiger partial charge in [-0.05, 0) is 32.1 Å². The molecular formula is C18H27NO5. The van der Waals surface area contributed by atoms with Crippen molar-refractivity contribution >= 4 is 11.7 Å². The number of esters is 1. The van der Waals surface area contributed by atoms with Crippen LogP contribution < -0.4 is 0 Å². The average Bonchev–Trinajstić information content (AvgIpc) is 3.02. The molecule has 2 aliphatic carbocycles. The lowest BCUT2D eigenvalue weighted by Crippen LogP contribution is -2.52. The second-order valence-corrected chi connectivity index (χ2v) is 8.90. The van der Waals surface area contributed by atoms with E-state index in [0.717, 1.165) is 18.6 Å². The number of hydrogen-bond donors (Lipinski definition) is 1. The Labute approximate surface area is 142 Å². The lowest BCUT2D eigenvalue weighted by atomic mass is 9.70. The van der Waals surface area contributed by atoms with Crippen molar-refractivity contribution in [1.29, 1.82) is 0 Å². The average molecular weight is 337 g/mol. The van der Waals surface area contributed by atoms with E-state index in [1.807, 2.05) is 0 Å². The van der Waals surface area contributed by atoms with Gasteiger partial charge in [-0.3, -0.25) is 4.99 Å². The Hall–Kier alpha value is -0.980. The molecule has 0 aromatic rings. The lowest BCUT2D eigenvalue weighted by molar-refractivity contribution is -0.168. The van der Waals surface area contributed by atoms with Crippen molar-refractivity contribution in [3.63, 3.8) is 0 Å². The highest BCUT2D eigenvalue weighted by atomic mass is 16.7. The molecule has 2 heterocycles. The standard InChI is InChI=1S/C18H27NO5/c1-16(2)9-6-7-18(16,5)14-11(9)19-12(15(21)23-14)13(20)10-8-22-17(3,4)24-10/h9-10,12-14,20H,6-8H2,1-5H3/t9-,10-,12-,13-,14?,18+/m1/s1. The zero-order valence-corrected chi connectivity index (χ0v) is 15.0. The molecule has 0 amide bonds. The number of carbonyl (C=O) groups excluding carboxylic acids is 1. The van der Waals surface area contributed by atoms with E-state index >= 15 is 0 Å². The van der Waals surface area contributed by atoms with Gasteiger partial charge in [0, 0.05) is 11.3 Å². The molecule has 6 atom stereocenters. The monoisotopic (exact) mass is 337 g/mol. The van der Waals surface area contributed by atoms with Gasteiger partial charge in [-0.15, -0.1) is 0 Å². The molecule has 1 unspecified atom stereocenters. The molecule has 2 bridgehead atoms. The minimum absolute atomic E-state index is 0.0472. The van der Waals surface area contributed by atoms with E-state index in [-0.39, 0.29) is 23.5 Å². The summed E-state index contributed by atoms with van der Waals surface area (Å²) in [5.74, 6) is -0.886. The summed E-state index contributed by atoms with van der Waals surface area (Å²) in [4.78, 5) is 17.2. The molecule has 24 heavy (non-hydrogen) atoms. The van der Waals surface area contributed by atoms with Crippen LogP contribution in [0.4, 0.5) is 0 Å². The Kier molecular flexibility index (Phi) is 3.30. The molecule has 0 radical (unpaired) electrons. The summed E-state index contributed by atoms with van der Waals surface area (Å²) in [6.45, 7) is 10.5. The Morgan fingerprint density at radius 1 is 1.25 bits per heavy atom. The quantitative estimate of drug-likeness (QED) is 0.776. The minimum Gasteiger partial charge on any atom is -0.454 e. The molecule has 4 rings (SSSR count). The lowest BCUT2D eigenvalue weighted by Gasteiger charge is -2.40. The Bertz CT molecular complexity index is 613. The van der Waals surface area contributed by atoms with E-state index in [4.69, 9.17) is 19.2 Å². The largest absolute Gasteiger partial charge is 0.454 e. The fraction of sp³-hybridized carbons (Fsp3) is 0.889. The summed E-state index contributed by atoms with van der Waals surface area (Å²) in [7, 11) is 0. The van der Waals surface area contributed by atoms with Crippen molar-refractivity contribution in [2.45, 2.75) is 77.6 Å². The molecule has 134 valence electrons. The van der Waals surface area contributed by atoms with Crippen LogP contribution in [0.15, 0.2) is 4.99 Å². The molecule has 2 saturated carbocycles. The topological polar surface area (TPSA) is 77.4 Å². The molecule has 3 fully saturated rings. The molecule has 6 heteroatoms. The Morgan fingerprint density at radius 3 is 2.58 bits per heavy atom. The maximum Gasteiger partial charge on any atom is 0.334 e. The van der Waals surface area contributed by atoms with Gasteiger partial charge >= 0.3 is 5.97 Å². The zero-order chi connectivity index (χ0) is 17.5. The van der Waals surface area contributed by atoms with Gasteiger partial charge in [0.15, 0.2) is 11.8 Å². The smallest absolute Gasteiger partial charge is 0.334 e. The highest BCUT2D eigenvalue weighted by Gasteiger charge is 2.68. The zero-order valence-electron chi connectivity index (χ0n) is 15.0. The van der Waals surface area contributed by atoms with E-state index in [0.29, 0.717) is 5.92 Å². The first-order valence-electron chi connectivity index (χ1n) is 8.85. The van der Waals surface area contributed by atoms with E-state index in [1.54, 1.807) is 13.8 Å².